The number of halogens is 2. The molecule has 0 aliphatic heterocycles. The van der Waals surface area contributed by atoms with Crippen LogP contribution < -0.4 is 10.1 Å². The zero-order valence-corrected chi connectivity index (χ0v) is 11.3. The molecule has 1 atom stereocenters. The predicted octanol–water partition coefficient (Wildman–Crippen LogP) is 4.20. The molecule has 1 aromatic carbocycles. The van der Waals surface area contributed by atoms with Crippen LogP contribution in [0.25, 0.3) is 0 Å². The highest BCUT2D eigenvalue weighted by atomic mass is 32.1. The molecule has 2 rings (SSSR count). The molecule has 19 heavy (non-hydrogen) atoms. The Hall–Kier alpha value is -1.46. The second kappa shape index (κ2) is 6.63. The zero-order chi connectivity index (χ0) is 13.7. The molecule has 2 nitrogen and oxygen atoms in total. The molecular formula is C14H15F2NOS. The normalized spacial score (nSPS) is 12.6. The number of rotatable bonds is 6. The molecular weight excluding hydrogens is 268 g/mol. The summed E-state index contributed by atoms with van der Waals surface area (Å²) in [5.41, 5.74) is 0.728. The fourth-order valence-electron chi connectivity index (χ4n) is 1.76. The van der Waals surface area contributed by atoms with Gasteiger partial charge in [-0.25, -0.2) is 0 Å². The SMILES string of the molecule is C[C@@H](NCc1ccccc1OC(F)F)c1cccs1. The van der Waals surface area contributed by atoms with E-state index in [9.17, 15) is 8.78 Å². The lowest BCUT2D eigenvalue weighted by molar-refractivity contribution is -0.0505. The average molecular weight is 283 g/mol. The maximum atomic E-state index is 12.3. The van der Waals surface area contributed by atoms with E-state index < -0.39 is 6.61 Å². The summed E-state index contributed by atoms with van der Waals surface area (Å²) in [5, 5.41) is 5.32. The summed E-state index contributed by atoms with van der Waals surface area (Å²) in [6.07, 6.45) is 0. The lowest BCUT2D eigenvalue weighted by atomic mass is 10.2. The first-order valence-corrected chi connectivity index (χ1v) is 6.84. The number of hydrogen-bond donors (Lipinski definition) is 1. The second-order valence-corrected chi connectivity index (χ2v) is 5.08. The Kier molecular flexibility index (Phi) is 4.87. The van der Waals surface area contributed by atoms with Crippen molar-refractivity contribution < 1.29 is 13.5 Å². The quantitative estimate of drug-likeness (QED) is 0.858. The molecule has 0 aliphatic carbocycles. The Morgan fingerprint density at radius 1 is 1.21 bits per heavy atom. The number of thiophene rings is 1. The predicted molar refractivity (Wildman–Crippen MR) is 72.6 cm³/mol. The van der Waals surface area contributed by atoms with Gasteiger partial charge in [0.1, 0.15) is 5.75 Å². The fourth-order valence-corrected chi connectivity index (χ4v) is 2.52. The summed E-state index contributed by atoms with van der Waals surface area (Å²) in [6.45, 7) is -0.263. The summed E-state index contributed by atoms with van der Waals surface area (Å²) in [4.78, 5) is 1.22. The molecule has 1 N–H and O–H groups in total. The van der Waals surface area contributed by atoms with E-state index >= 15 is 0 Å². The van der Waals surface area contributed by atoms with E-state index in [1.54, 1.807) is 29.5 Å². The van der Waals surface area contributed by atoms with Gasteiger partial charge in [-0.05, 0) is 24.4 Å². The van der Waals surface area contributed by atoms with Crippen LogP contribution in [0.5, 0.6) is 5.75 Å². The molecule has 0 fully saturated rings. The monoisotopic (exact) mass is 283 g/mol. The molecule has 102 valence electrons. The molecule has 0 radical (unpaired) electrons. The maximum Gasteiger partial charge on any atom is 0.387 e. The van der Waals surface area contributed by atoms with Crippen molar-refractivity contribution in [2.75, 3.05) is 0 Å². The van der Waals surface area contributed by atoms with Gasteiger partial charge in [-0.15, -0.1) is 11.3 Å². The fraction of sp³-hybridized carbons (Fsp3) is 0.286. The highest BCUT2D eigenvalue weighted by Gasteiger charge is 2.11. The van der Waals surface area contributed by atoms with Gasteiger partial charge in [0.05, 0.1) is 0 Å². The summed E-state index contributed by atoms with van der Waals surface area (Å²) in [7, 11) is 0. The summed E-state index contributed by atoms with van der Waals surface area (Å²) in [6, 6.07) is 11.1. The van der Waals surface area contributed by atoms with Gasteiger partial charge in [-0.2, -0.15) is 8.78 Å². The minimum absolute atomic E-state index is 0.180. The van der Waals surface area contributed by atoms with Gasteiger partial charge < -0.3 is 10.1 Å². The Morgan fingerprint density at radius 3 is 2.68 bits per heavy atom. The van der Waals surface area contributed by atoms with Gasteiger partial charge in [0.15, 0.2) is 0 Å². The minimum Gasteiger partial charge on any atom is -0.434 e. The molecule has 1 aromatic heterocycles. The molecule has 0 saturated carbocycles. The first-order chi connectivity index (χ1) is 9.16. The number of alkyl halides is 2. The third kappa shape index (κ3) is 4.01. The van der Waals surface area contributed by atoms with Crippen molar-refractivity contribution in [3.63, 3.8) is 0 Å². The van der Waals surface area contributed by atoms with Crippen molar-refractivity contribution in [1.82, 2.24) is 5.32 Å². The van der Waals surface area contributed by atoms with Crippen molar-refractivity contribution in [3.8, 4) is 5.75 Å². The van der Waals surface area contributed by atoms with E-state index in [2.05, 4.69) is 10.1 Å². The Morgan fingerprint density at radius 2 is 2.00 bits per heavy atom. The molecule has 0 aliphatic rings. The van der Waals surface area contributed by atoms with Crippen LogP contribution in [0.4, 0.5) is 8.78 Å². The largest absolute Gasteiger partial charge is 0.434 e. The van der Waals surface area contributed by atoms with Crippen LogP contribution in [0, 0.1) is 0 Å². The molecule has 0 unspecified atom stereocenters. The van der Waals surface area contributed by atoms with E-state index in [0.29, 0.717) is 6.54 Å². The number of para-hydroxylation sites is 1. The molecule has 1 heterocycles. The van der Waals surface area contributed by atoms with E-state index in [-0.39, 0.29) is 11.8 Å². The van der Waals surface area contributed by atoms with Gasteiger partial charge in [-0.3, -0.25) is 0 Å². The van der Waals surface area contributed by atoms with Crippen LogP contribution in [-0.2, 0) is 6.54 Å². The molecule has 5 heteroatoms. The van der Waals surface area contributed by atoms with Crippen LogP contribution in [0.15, 0.2) is 41.8 Å². The first kappa shape index (κ1) is 14.0. The summed E-state index contributed by atoms with van der Waals surface area (Å²) < 4.78 is 29.1. The summed E-state index contributed by atoms with van der Waals surface area (Å²) in [5.74, 6) is 0.225. The number of ether oxygens (including phenoxy) is 1. The first-order valence-electron chi connectivity index (χ1n) is 5.96. The standard InChI is InChI=1S/C14H15F2NOS/c1-10(13-7-4-8-19-13)17-9-11-5-2-3-6-12(11)18-14(15)16/h2-8,10,14,17H,9H2,1H3/t10-/m1/s1. The number of hydrogen-bond acceptors (Lipinski definition) is 3. The van der Waals surface area contributed by atoms with E-state index in [4.69, 9.17) is 0 Å². The van der Waals surface area contributed by atoms with E-state index in [1.807, 2.05) is 30.5 Å². The van der Waals surface area contributed by atoms with Crippen molar-refractivity contribution in [3.05, 3.63) is 52.2 Å². The Bertz CT molecular complexity index is 502. The molecule has 0 saturated heterocycles. The van der Waals surface area contributed by atoms with Crippen molar-refractivity contribution in [1.29, 1.82) is 0 Å². The third-order valence-corrected chi connectivity index (χ3v) is 3.81. The number of nitrogens with one attached hydrogen (secondary N) is 1. The maximum absolute atomic E-state index is 12.3. The second-order valence-electron chi connectivity index (χ2n) is 4.10. The molecule has 0 bridgehead atoms. The van der Waals surface area contributed by atoms with Crippen LogP contribution >= 0.6 is 11.3 Å². The third-order valence-electron chi connectivity index (χ3n) is 2.76. The zero-order valence-electron chi connectivity index (χ0n) is 10.5. The summed E-state index contributed by atoms with van der Waals surface area (Å²) >= 11 is 1.67. The van der Waals surface area contributed by atoms with Crippen LogP contribution in [0.2, 0.25) is 0 Å². The van der Waals surface area contributed by atoms with E-state index in [0.717, 1.165) is 5.56 Å². The Balaban J connectivity index is 1.99. The van der Waals surface area contributed by atoms with Crippen molar-refractivity contribution in [2.24, 2.45) is 0 Å². The molecule has 2 aromatic rings. The lowest BCUT2D eigenvalue weighted by Gasteiger charge is -2.15. The average Bonchev–Trinajstić information content (AvgIpc) is 2.90. The van der Waals surface area contributed by atoms with Crippen molar-refractivity contribution in [2.45, 2.75) is 26.1 Å². The highest BCUT2D eigenvalue weighted by molar-refractivity contribution is 7.10. The van der Waals surface area contributed by atoms with Gasteiger partial charge in [0.2, 0.25) is 0 Å². The minimum atomic E-state index is -2.80. The van der Waals surface area contributed by atoms with Crippen LogP contribution in [-0.4, -0.2) is 6.61 Å². The smallest absolute Gasteiger partial charge is 0.387 e. The highest BCUT2D eigenvalue weighted by Crippen LogP contribution is 2.22. The van der Waals surface area contributed by atoms with Gasteiger partial charge >= 0.3 is 6.61 Å². The van der Waals surface area contributed by atoms with E-state index in [1.165, 1.54) is 4.88 Å². The Labute approximate surface area is 115 Å². The van der Waals surface area contributed by atoms with Crippen molar-refractivity contribution >= 4 is 11.3 Å². The molecule has 0 spiro atoms. The topological polar surface area (TPSA) is 21.3 Å². The van der Waals surface area contributed by atoms with Gasteiger partial charge in [0, 0.05) is 23.0 Å². The molecule has 0 amide bonds. The van der Waals surface area contributed by atoms with Gasteiger partial charge in [0.25, 0.3) is 0 Å². The van der Waals surface area contributed by atoms with Gasteiger partial charge in [-0.1, -0.05) is 24.3 Å². The van der Waals surface area contributed by atoms with Crippen LogP contribution in [0.3, 0.4) is 0 Å². The number of benzene rings is 1. The lowest BCUT2D eigenvalue weighted by Crippen LogP contribution is -2.18. The van der Waals surface area contributed by atoms with Crippen LogP contribution in [0.1, 0.15) is 23.4 Å².